The van der Waals surface area contributed by atoms with E-state index < -0.39 is 0 Å². The van der Waals surface area contributed by atoms with Crippen molar-refractivity contribution in [2.45, 2.75) is 31.8 Å². The molecular weight excluding hydrogens is 346 g/mol. The number of fused-ring (bicyclic) bond motifs is 1. The number of rotatable bonds is 5. The third kappa shape index (κ3) is 3.78. The molecule has 4 rings (SSSR count). The first-order chi connectivity index (χ1) is 12.7. The number of thiazole rings is 1. The van der Waals surface area contributed by atoms with Crippen LogP contribution in [-0.4, -0.2) is 45.7 Å². The Bertz CT molecular complexity index is 863. The summed E-state index contributed by atoms with van der Waals surface area (Å²) < 4.78 is 2.90. The Labute approximate surface area is 156 Å². The maximum Gasteiger partial charge on any atom is 0.244 e. The van der Waals surface area contributed by atoms with Crippen molar-refractivity contribution in [2.75, 3.05) is 20.1 Å². The van der Waals surface area contributed by atoms with Gasteiger partial charge in [0, 0.05) is 25.7 Å². The predicted octanol–water partition coefficient (Wildman–Crippen LogP) is 2.62. The van der Waals surface area contributed by atoms with E-state index in [2.05, 4.69) is 21.5 Å². The number of hydrogen-bond donors (Lipinski definition) is 1. The standard InChI is InChI=1S/C19H23N5OS/c1-23(12-18-21-16-6-2-3-7-17(16)26-18)19(25)13-24-10-8-15(22-24)14-5-4-9-20-11-14/h2-3,6-8,10,14,20H,4-5,9,11-13H2,1H3/t14-/m0/s1. The van der Waals surface area contributed by atoms with E-state index in [-0.39, 0.29) is 12.5 Å². The fourth-order valence-electron chi connectivity index (χ4n) is 3.33. The third-order valence-electron chi connectivity index (χ3n) is 4.81. The summed E-state index contributed by atoms with van der Waals surface area (Å²) in [7, 11) is 1.82. The topological polar surface area (TPSA) is 63.1 Å². The minimum atomic E-state index is 0.0423. The number of amides is 1. The van der Waals surface area contributed by atoms with Crippen molar-refractivity contribution in [1.82, 2.24) is 25.0 Å². The van der Waals surface area contributed by atoms with Crippen LogP contribution in [0.25, 0.3) is 10.2 Å². The fraction of sp³-hybridized carbons (Fsp3) is 0.421. The molecule has 1 fully saturated rings. The number of hydrogen-bond acceptors (Lipinski definition) is 5. The van der Waals surface area contributed by atoms with Crippen LogP contribution < -0.4 is 5.32 Å². The zero-order chi connectivity index (χ0) is 17.9. The molecule has 1 amide bonds. The normalized spacial score (nSPS) is 17.5. The molecule has 0 aliphatic carbocycles. The van der Waals surface area contributed by atoms with Crippen molar-refractivity contribution < 1.29 is 4.79 Å². The molecule has 1 aromatic carbocycles. The Balaban J connectivity index is 1.37. The van der Waals surface area contributed by atoms with Crippen LogP contribution >= 0.6 is 11.3 Å². The molecule has 2 aromatic heterocycles. The van der Waals surface area contributed by atoms with Crippen LogP contribution in [0.2, 0.25) is 0 Å². The largest absolute Gasteiger partial charge is 0.337 e. The Morgan fingerprint density at radius 2 is 2.27 bits per heavy atom. The average molecular weight is 369 g/mol. The molecule has 0 saturated carbocycles. The van der Waals surface area contributed by atoms with E-state index >= 15 is 0 Å². The van der Waals surface area contributed by atoms with E-state index in [0.29, 0.717) is 12.5 Å². The van der Waals surface area contributed by atoms with Crippen molar-refractivity contribution >= 4 is 27.5 Å². The number of carbonyl (C=O) groups excluding carboxylic acids is 1. The number of nitrogens with zero attached hydrogens (tertiary/aromatic N) is 4. The smallest absolute Gasteiger partial charge is 0.244 e. The van der Waals surface area contributed by atoms with Gasteiger partial charge in [0.2, 0.25) is 5.91 Å². The van der Waals surface area contributed by atoms with E-state index in [0.717, 1.165) is 40.4 Å². The first-order valence-corrected chi connectivity index (χ1v) is 9.83. The second-order valence-corrected chi connectivity index (χ2v) is 7.92. The minimum Gasteiger partial charge on any atom is -0.337 e. The zero-order valence-electron chi connectivity index (χ0n) is 14.9. The van der Waals surface area contributed by atoms with Gasteiger partial charge in [-0.3, -0.25) is 9.48 Å². The molecule has 1 aliphatic heterocycles. The molecule has 0 unspecified atom stereocenters. The lowest BCUT2D eigenvalue weighted by atomic mass is 9.97. The summed E-state index contributed by atoms with van der Waals surface area (Å²) in [5.41, 5.74) is 2.07. The first-order valence-electron chi connectivity index (χ1n) is 9.01. The van der Waals surface area contributed by atoms with Crippen molar-refractivity contribution in [3.05, 3.63) is 47.2 Å². The lowest BCUT2D eigenvalue weighted by Crippen LogP contribution is -2.30. The molecule has 1 aliphatic rings. The van der Waals surface area contributed by atoms with E-state index in [9.17, 15) is 4.79 Å². The minimum absolute atomic E-state index is 0.0423. The van der Waals surface area contributed by atoms with Crippen molar-refractivity contribution in [1.29, 1.82) is 0 Å². The molecule has 0 radical (unpaired) electrons. The molecular formula is C19H23N5OS. The van der Waals surface area contributed by atoms with Gasteiger partial charge in [0.1, 0.15) is 11.6 Å². The number of nitrogens with one attached hydrogen (secondary N) is 1. The van der Waals surface area contributed by atoms with Gasteiger partial charge in [0.25, 0.3) is 0 Å². The summed E-state index contributed by atoms with van der Waals surface area (Å²) in [6, 6.07) is 10.1. The van der Waals surface area contributed by atoms with E-state index in [1.807, 2.05) is 37.5 Å². The molecule has 136 valence electrons. The van der Waals surface area contributed by atoms with Gasteiger partial charge in [-0.1, -0.05) is 12.1 Å². The maximum atomic E-state index is 12.5. The van der Waals surface area contributed by atoms with Gasteiger partial charge < -0.3 is 10.2 Å². The van der Waals surface area contributed by atoms with Gasteiger partial charge >= 0.3 is 0 Å². The molecule has 6 nitrogen and oxygen atoms in total. The Kier molecular flexibility index (Phi) is 4.99. The predicted molar refractivity (Wildman–Crippen MR) is 103 cm³/mol. The Morgan fingerprint density at radius 1 is 1.38 bits per heavy atom. The van der Waals surface area contributed by atoms with Gasteiger partial charge in [-0.2, -0.15) is 5.10 Å². The van der Waals surface area contributed by atoms with Crippen LogP contribution in [0, 0.1) is 0 Å². The van der Waals surface area contributed by atoms with E-state index in [1.165, 1.54) is 6.42 Å². The first kappa shape index (κ1) is 17.2. The quantitative estimate of drug-likeness (QED) is 0.751. The second-order valence-electron chi connectivity index (χ2n) is 6.81. The molecule has 0 bridgehead atoms. The molecule has 3 aromatic rings. The lowest BCUT2D eigenvalue weighted by molar-refractivity contribution is -0.131. The van der Waals surface area contributed by atoms with Crippen LogP contribution in [0.3, 0.4) is 0 Å². The molecule has 26 heavy (non-hydrogen) atoms. The third-order valence-corrected chi connectivity index (χ3v) is 5.83. The van der Waals surface area contributed by atoms with E-state index in [1.54, 1.807) is 20.9 Å². The highest BCUT2D eigenvalue weighted by atomic mass is 32.1. The summed E-state index contributed by atoms with van der Waals surface area (Å²) >= 11 is 1.64. The van der Waals surface area contributed by atoms with Crippen LogP contribution in [0.5, 0.6) is 0 Å². The Hall–Kier alpha value is -2.25. The second kappa shape index (κ2) is 7.55. The molecule has 1 atom stereocenters. The highest BCUT2D eigenvalue weighted by Crippen LogP contribution is 2.23. The fourth-order valence-corrected chi connectivity index (χ4v) is 4.35. The Morgan fingerprint density at radius 3 is 3.08 bits per heavy atom. The molecule has 1 saturated heterocycles. The van der Waals surface area contributed by atoms with Crippen molar-refractivity contribution in [3.8, 4) is 0 Å². The highest BCUT2D eigenvalue weighted by Gasteiger charge is 2.19. The van der Waals surface area contributed by atoms with Gasteiger partial charge in [0.05, 0.1) is 22.5 Å². The lowest BCUT2D eigenvalue weighted by Gasteiger charge is -2.20. The SMILES string of the molecule is CN(Cc1nc2ccccc2s1)C(=O)Cn1ccc([C@H]2CCCNC2)n1. The number of para-hydroxylation sites is 1. The number of carbonyl (C=O) groups is 1. The van der Waals surface area contributed by atoms with Crippen LogP contribution in [0.4, 0.5) is 0 Å². The van der Waals surface area contributed by atoms with E-state index in [4.69, 9.17) is 0 Å². The molecule has 3 heterocycles. The van der Waals surface area contributed by atoms with Crippen molar-refractivity contribution in [3.63, 3.8) is 0 Å². The monoisotopic (exact) mass is 369 g/mol. The van der Waals surface area contributed by atoms with Gasteiger partial charge in [-0.15, -0.1) is 11.3 Å². The van der Waals surface area contributed by atoms with Crippen LogP contribution in [-0.2, 0) is 17.9 Å². The summed E-state index contributed by atoms with van der Waals surface area (Å²) in [5, 5.41) is 8.98. The van der Waals surface area contributed by atoms with Crippen LogP contribution in [0.1, 0.15) is 29.5 Å². The maximum absolute atomic E-state index is 12.5. The number of benzene rings is 1. The molecule has 0 spiro atoms. The summed E-state index contributed by atoms with van der Waals surface area (Å²) in [6.45, 7) is 2.86. The van der Waals surface area contributed by atoms with Gasteiger partial charge in [-0.05, 0) is 37.6 Å². The molecule has 7 heteroatoms. The van der Waals surface area contributed by atoms with Crippen molar-refractivity contribution in [2.24, 2.45) is 0 Å². The summed E-state index contributed by atoms with van der Waals surface area (Å²) in [4.78, 5) is 18.9. The molecule has 1 N–H and O–H groups in total. The number of piperidine rings is 1. The van der Waals surface area contributed by atoms with Gasteiger partial charge in [-0.25, -0.2) is 4.98 Å². The number of aromatic nitrogens is 3. The average Bonchev–Trinajstić information content (AvgIpc) is 3.28. The summed E-state index contributed by atoms with van der Waals surface area (Å²) in [5.74, 6) is 0.501. The van der Waals surface area contributed by atoms with Gasteiger partial charge in [0.15, 0.2) is 0 Å². The summed E-state index contributed by atoms with van der Waals surface area (Å²) in [6.07, 6.45) is 4.25. The zero-order valence-corrected chi connectivity index (χ0v) is 15.7. The highest BCUT2D eigenvalue weighted by molar-refractivity contribution is 7.18. The van der Waals surface area contributed by atoms with Crippen LogP contribution in [0.15, 0.2) is 36.5 Å². The number of likely N-dealkylation sites (N-methyl/N-ethyl adjacent to an activating group) is 1.